The summed E-state index contributed by atoms with van der Waals surface area (Å²) in [5.41, 5.74) is 2.15. The Labute approximate surface area is 87.5 Å². The lowest BCUT2D eigenvalue weighted by Crippen LogP contribution is -2.28. The topological polar surface area (TPSA) is 20.3 Å². The van der Waals surface area contributed by atoms with Crippen molar-refractivity contribution in [3.63, 3.8) is 0 Å². The van der Waals surface area contributed by atoms with Gasteiger partial charge in [0.15, 0.2) is 0 Å². The highest BCUT2D eigenvalue weighted by molar-refractivity contribution is 6.30. The van der Waals surface area contributed by atoms with Gasteiger partial charge in [-0.2, -0.15) is 0 Å². The van der Waals surface area contributed by atoms with Crippen molar-refractivity contribution >= 4 is 23.2 Å². The Morgan fingerprint density at radius 3 is 2.86 bits per heavy atom. The number of hydrogen-bond donors (Lipinski definition) is 0. The standard InChI is InChI=1S/C11H10ClNO/c12-8-1-4-10-7(5-8)6-11(14)13(10)9-2-3-9/h1,4-5,9H,2-3,6H2. The summed E-state index contributed by atoms with van der Waals surface area (Å²) in [6, 6.07) is 6.18. The van der Waals surface area contributed by atoms with Crippen molar-refractivity contribution in [3.8, 4) is 0 Å². The van der Waals surface area contributed by atoms with Gasteiger partial charge >= 0.3 is 0 Å². The van der Waals surface area contributed by atoms with E-state index in [1.807, 2.05) is 23.1 Å². The number of nitrogens with zero attached hydrogens (tertiary/aromatic N) is 1. The summed E-state index contributed by atoms with van der Waals surface area (Å²) < 4.78 is 0. The minimum Gasteiger partial charge on any atom is -0.309 e. The molecule has 3 heteroatoms. The normalized spacial score (nSPS) is 20.1. The van der Waals surface area contributed by atoms with E-state index in [9.17, 15) is 4.79 Å². The Balaban J connectivity index is 2.07. The van der Waals surface area contributed by atoms with Crippen LogP contribution in [0.5, 0.6) is 0 Å². The van der Waals surface area contributed by atoms with Gasteiger partial charge in [-0.1, -0.05) is 11.6 Å². The molecule has 0 unspecified atom stereocenters. The van der Waals surface area contributed by atoms with Crippen LogP contribution in [0.3, 0.4) is 0 Å². The molecule has 72 valence electrons. The third-order valence-electron chi connectivity index (χ3n) is 2.82. The van der Waals surface area contributed by atoms with Crippen LogP contribution < -0.4 is 4.90 Å². The van der Waals surface area contributed by atoms with Crippen molar-refractivity contribution in [2.45, 2.75) is 25.3 Å². The minimum absolute atomic E-state index is 0.227. The predicted octanol–water partition coefficient (Wildman–Crippen LogP) is 2.39. The lowest BCUT2D eigenvalue weighted by Gasteiger charge is -2.16. The molecule has 0 bridgehead atoms. The van der Waals surface area contributed by atoms with Gasteiger partial charge in [-0.15, -0.1) is 0 Å². The highest BCUT2D eigenvalue weighted by Crippen LogP contribution is 2.39. The lowest BCUT2D eigenvalue weighted by molar-refractivity contribution is -0.117. The number of anilines is 1. The second-order valence-corrected chi connectivity index (χ2v) is 4.38. The van der Waals surface area contributed by atoms with Crippen LogP contribution in [0.25, 0.3) is 0 Å². The van der Waals surface area contributed by atoms with E-state index in [1.165, 1.54) is 0 Å². The van der Waals surface area contributed by atoms with Crippen LogP contribution in [0.2, 0.25) is 5.02 Å². The van der Waals surface area contributed by atoms with Gasteiger partial charge in [0, 0.05) is 16.8 Å². The summed E-state index contributed by atoms with van der Waals surface area (Å²) in [6.07, 6.45) is 2.81. The number of halogens is 1. The van der Waals surface area contributed by atoms with E-state index in [1.54, 1.807) is 0 Å². The first-order chi connectivity index (χ1) is 6.75. The Morgan fingerprint density at radius 2 is 2.14 bits per heavy atom. The lowest BCUT2D eigenvalue weighted by atomic mass is 10.2. The van der Waals surface area contributed by atoms with Crippen LogP contribution in [0.1, 0.15) is 18.4 Å². The van der Waals surface area contributed by atoms with Crippen molar-refractivity contribution in [2.24, 2.45) is 0 Å². The molecule has 0 atom stereocenters. The number of benzene rings is 1. The van der Waals surface area contributed by atoms with Gasteiger partial charge in [-0.25, -0.2) is 0 Å². The summed E-state index contributed by atoms with van der Waals surface area (Å²) in [6.45, 7) is 0. The van der Waals surface area contributed by atoms with Crippen molar-refractivity contribution in [3.05, 3.63) is 28.8 Å². The molecule has 1 aliphatic heterocycles. The number of amides is 1. The summed E-state index contributed by atoms with van der Waals surface area (Å²) in [5, 5.41) is 0.717. The Morgan fingerprint density at radius 1 is 1.36 bits per heavy atom. The molecule has 0 aromatic heterocycles. The molecule has 14 heavy (non-hydrogen) atoms. The number of hydrogen-bond acceptors (Lipinski definition) is 1. The van der Waals surface area contributed by atoms with E-state index >= 15 is 0 Å². The molecule has 1 heterocycles. The fraction of sp³-hybridized carbons (Fsp3) is 0.364. The maximum atomic E-state index is 11.7. The third kappa shape index (κ3) is 1.14. The molecule has 0 saturated heterocycles. The van der Waals surface area contributed by atoms with Crippen LogP contribution >= 0.6 is 11.6 Å². The van der Waals surface area contributed by atoms with Gasteiger partial charge in [-0.3, -0.25) is 4.79 Å². The largest absolute Gasteiger partial charge is 0.309 e. The van der Waals surface area contributed by atoms with E-state index in [-0.39, 0.29) is 5.91 Å². The maximum Gasteiger partial charge on any atom is 0.231 e. The molecule has 1 aromatic carbocycles. The fourth-order valence-electron chi connectivity index (χ4n) is 2.05. The number of rotatable bonds is 1. The smallest absolute Gasteiger partial charge is 0.231 e. The average Bonchev–Trinajstić information content (AvgIpc) is 2.89. The molecule has 1 aliphatic carbocycles. The van der Waals surface area contributed by atoms with Crippen LogP contribution in [0, 0.1) is 0 Å². The van der Waals surface area contributed by atoms with Gasteiger partial charge in [0.05, 0.1) is 6.42 Å². The average molecular weight is 208 g/mol. The first kappa shape index (κ1) is 8.30. The number of carbonyl (C=O) groups is 1. The molecule has 1 amide bonds. The minimum atomic E-state index is 0.227. The van der Waals surface area contributed by atoms with E-state index in [0.717, 1.165) is 24.1 Å². The molecular formula is C11H10ClNO. The van der Waals surface area contributed by atoms with Crippen molar-refractivity contribution in [1.29, 1.82) is 0 Å². The second-order valence-electron chi connectivity index (χ2n) is 3.94. The second kappa shape index (κ2) is 2.74. The molecule has 1 saturated carbocycles. The zero-order valence-electron chi connectivity index (χ0n) is 7.66. The van der Waals surface area contributed by atoms with Crippen molar-refractivity contribution in [2.75, 3.05) is 4.90 Å². The molecule has 1 aromatic rings. The Hall–Kier alpha value is -1.02. The first-order valence-corrected chi connectivity index (χ1v) is 5.24. The summed E-state index contributed by atoms with van der Waals surface area (Å²) in [5.74, 6) is 0.227. The molecule has 3 rings (SSSR count). The summed E-state index contributed by atoms with van der Waals surface area (Å²) in [7, 11) is 0. The summed E-state index contributed by atoms with van der Waals surface area (Å²) >= 11 is 5.88. The van der Waals surface area contributed by atoms with E-state index in [4.69, 9.17) is 11.6 Å². The maximum absolute atomic E-state index is 11.7. The SMILES string of the molecule is O=C1Cc2cc(Cl)ccc2N1C1CC1. The third-order valence-corrected chi connectivity index (χ3v) is 3.06. The van der Waals surface area contributed by atoms with Gasteiger partial charge in [0.2, 0.25) is 5.91 Å². The molecule has 0 spiro atoms. The highest BCUT2D eigenvalue weighted by Gasteiger charge is 2.38. The van der Waals surface area contributed by atoms with Gasteiger partial charge < -0.3 is 4.90 Å². The predicted molar refractivity (Wildman–Crippen MR) is 55.7 cm³/mol. The zero-order chi connectivity index (χ0) is 9.71. The summed E-state index contributed by atoms with van der Waals surface area (Å²) in [4.78, 5) is 13.6. The van der Waals surface area contributed by atoms with Gasteiger partial charge in [-0.05, 0) is 36.6 Å². The molecule has 0 N–H and O–H groups in total. The van der Waals surface area contributed by atoms with Crippen molar-refractivity contribution in [1.82, 2.24) is 0 Å². The molecule has 0 radical (unpaired) electrons. The Bertz CT molecular complexity index is 412. The van der Waals surface area contributed by atoms with Crippen LogP contribution in [-0.4, -0.2) is 11.9 Å². The molecular weight excluding hydrogens is 198 g/mol. The van der Waals surface area contributed by atoms with Crippen LogP contribution in [0.15, 0.2) is 18.2 Å². The molecule has 2 aliphatic rings. The van der Waals surface area contributed by atoms with Crippen molar-refractivity contribution < 1.29 is 4.79 Å². The van der Waals surface area contributed by atoms with Crippen LogP contribution in [-0.2, 0) is 11.2 Å². The van der Waals surface area contributed by atoms with Gasteiger partial charge in [0.1, 0.15) is 0 Å². The molecule has 1 fully saturated rings. The molecule has 2 nitrogen and oxygen atoms in total. The quantitative estimate of drug-likeness (QED) is 0.693. The first-order valence-electron chi connectivity index (χ1n) is 4.86. The number of fused-ring (bicyclic) bond motifs is 1. The highest BCUT2D eigenvalue weighted by atomic mass is 35.5. The van der Waals surface area contributed by atoms with E-state index < -0.39 is 0 Å². The zero-order valence-corrected chi connectivity index (χ0v) is 8.42. The number of carbonyl (C=O) groups excluding carboxylic acids is 1. The van der Waals surface area contributed by atoms with E-state index in [2.05, 4.69) is 0 Å². The fourth-order valence-corrected chi connectivity index (χ4v) is 2.24. The van der Waals surface area contributed by atoms with Gasteiger partial charge in [0.25, 0.3) is 0 Å². The monoisotopic (exact) mass is 207 g/mol. The van der Waals surface area contributed by atoms with Crippen LogP contribution in [0.4, 0.5) is 5.69 Å². The Kier molecular flexibility index (Phi) is 1.62. The van der Waals surface area contributed by atoms with E-state index in [0.29, 0.717) is 17.5 Å².